The van der Waals surface area contributed by atoms with Gasteiger partial charge in [-0.05, 0) is 46.9 Å². The van der Waals surface area contributed by atoms with Crippen molar-refractivity contribution in [3.05, 3.63) is 43.7 Å². The summed E-state index contributed by atoms with van der Waals surface area (Å²) >= 11 is 3.59. The van der Waals surface area contributed by atoms with Crippen LogP contribution in [0, 0.1) is 2.88 Å². The molecule has 1 aromatic heterocycles. The van der Waals surface area contributed by atoms with Gasteiger partial charge >= 0.3 is 5.97 Å². The number of carbonyl (C=O) groups excluding carboxylic acids is 1. The smallest absolute Gasteiger partial charge is 0.335 e. The molecule has 2 N–H and O–H groups in total. The molecule has 104 valence electrons. The lowest BCUT2D eigenvalue weighted by Gasteiger charge is -2.10. The Morgan fingerprint density at radius 2 is 2.05 bits per heavy atom. The van der Waals surface area contributed by atoms with Crippen LogP contribution in [0.4, 0.5) is 5.69 Å². The number of thiophene rings is 1. The van der Waals surface area contributed by atoms with E-state index in [1.165, 1.54) is 36.6 Å². The molecular formula is C13H10INO4S. The van der Waals surface area contributed by atoms with Crippen molar-refractivity contribution in [3.63, 3.8) is 0 Å². The van der Waals surface area contributed by atoms with Gasteiger partial charge in [-0.3, -0.25) is 4.79 Å². The van der Waals surface area contributed by atoms with E-state index in [2.05, 4.69) is 27.9 Å². The molecular weight excluding hydrogens is 393 g/mol. The summed E-state index contributed by atoms with van der Waals surface area (Å²) in [5.74, 6) is -0.952. The van der Waals surface area contributed by atoms with E-state index in [1.54, 1.807) is 11.4 Å². The van der Waals surface area contributed by atoms with Crippen molar-refractivity contribution in [3.8, 4) is 5.75 Å². The van der Waals surface area contributed by atoms with Crippen molar-refractivity contribution in [2.24, 2.45) is 0 Å². The van der Waals surface area contributed by atoms with Gasteiger partial charge in [-0.25, -0.2) is 4.79 Å². The molecule has 0 unspecified atom stereocenters. The first kappa shape index (κ1) is 14.8. The van der Waals surface area contributed by atoms with Gasteiger partial charge < -0.3 is 15.2 Å². The molecule has 0 aliphatic rings. The normalized spacial score (nSPS) is 10.1. The lowest BCUT2D eigenvalue weighted by Crippen LogP contribution is -2.12. The number of rotatable bonds is 4. The molecule has 0 saturated carbocycles. The van der Waals surface area contributed by atoms with Crippen molar-refractivity contribution in [1.82, 2.24) is 0 Å². The van der Waals surface area contributed by atoms with Gasteiger partial charge in [-0.1, -0.05) is 0 Å². The molecule has 1 heterocycles. The molecule has 0 aliphatic carbocycles. The highest BCUT2D eigenvalue weighted by molar-refractivity contribution is 14.1. The third-order valence-corrected chi connectivity index (χ3v) is 4.31. The van der Waals surface area contributed by atoms with E-state index in [1.807, 2.05) is 0 Å². The van der Waals surface area contributed by atoms with E-state index >= 15 is 0 Å². The SMILES string of the molecule is COc1ccc(C(=O)O)cc1NC(=O)c1csc(I)c1. The molecule has 5 nitrogen and oxygen atoms in total. The van der Waals surface area contributed by atoms with Crippen LogP contribution in [0.15, 0.2) is 29.6 Å². The largest absolute Gasteiger partial charge is 0.495 e. The molecule has 0 atom stereocenters. The second kappa shape index (κ2) is 6.23. The average molecular weight is 403 g/mol. The number of aromatic carboxylic acids is 1. The maximum Gasteiger partial charge on any atom is 0.335 e. The molecule has 0 fully saturated rings. The van der Waals surface area contributed by atoms with Crippen molar-refractivity contribution in [1.29, 1.82) is 0 Å². The minimum absolute atomic E-state index is 0.0843. The van der Waals surface area contributed by atoms with Crippen LogP contribution in [0.25, 0.3) is 0 Å². The van der Waals surface area contributed by atoms with E-state index < -0.39 is 5.97 Å². The fourth-order valence-corrected chi connectivity index (χ4v) is 2.89. The Kier molecular flexibility index (Phi) is 4.61. The third-order valence-electron chi connectivity index (χ3n) is 2.52. The maximum absolute atomic E-state index is 12.1. The Morgan fingerprint density at radius 1 is 1.30 bits per heavy atom. The van der Waals surface area contributed by atoms with Crippen LogP contribution in [0.1, 0.15) is 20.7 Å². The third kappa shape index (κ3) is 3.28. The minimum Gasteiger partial charge on any atom is -0.495 e. The number of anilines is 1. The van der Waals surface area contributed by atoms with E-state index in [0.29, 0.717) is 17.0 Å². The van der Waals surface area contributed by atoms with Crippen LogP contribution in [0.5, 0.6) is 5.75 Å². The van der Waals surface area contributed by atoms with E-state index in [4.69, 9.17) is 9.84 Å². The predicted octanol–water partition coefficient (Wildman–Crippen LogP) is 3.31. The fourth-order valence-electron chi connectivity index (χ4n) is 1.56. The molecule has 20 heavy (non-hydrogen) atoms. The highest BCUT2D eigenvalue weighted by Crippen LogP contribution is 2.27. The molecule has 0 spiro atoms. The number of carboxylic acids is 1. The van der Waals surface area contributed by atoms with Crippen LogP contribution in [0.2, 0.25) is 0 Å². The molecule has 1 aromatic carbocycles. The zero-order valence-corrected chi connectivity index (χ0v) is 13.3. The summed E-state index contributed by atoms with van der Waals surface area (Å²) in [6.07, 6.45) is 0. The Morgan fingerprint density at radius 3 is 2.60 bits per heavy atom. The first-order valence-electron chi connectivity index (χ1n) is 5.48. The number of nitrogens with one attached hydrogen (secondary N) is 1. The molecule has 2 rings (SSSR count). The Hall–Kier alpha value is -1.61. The van der Waals surface area contributed by atoms with Gasteiger partial charge in [0.2, 0.25) is 0 Å². The summed E-state index contributed by atoms with van der Waals surface area (Å²) in [5, 5.41) is 13.4. The van der Waals surface area contributed by atoms with Gasteiger partial charge in [-0.15, -0.1) is 11.3 Å². The highest BCUT2D eigenvalue weighted by atomic mass is 127. The molecule has 0 bridgehead atoms. The number of carbonyl (C=O) groups is 2. The summed E-state index contributed by atoms with van der Waals surface area (Å²) in [6.45, 7) is 0. The Balaban J connectivity index is 2.29. The van der Waals surface area contributed by atoms with Crippen LogP contribution in [-0.4, -0.2) is 24.1 Å². The number of amides is 1. The maximum atomic E-state index is 12.1. The molecule has 0 saturated heterocycles. The minimum atomic E-state index is -1.06. The van der Waals surface area contributed by atoms with Gasteiger partial charge in [0.15, 0.2) is 0 Å². The lowest BCUT2D eigenvalue weighted by molar-refractivity contribution is 0.0696. The van der Waals surface area contributed by atoms with Crippen molar-refractivity contribution < 1.29 is 19.4 Å². The number of hydrogen-bond donors (Lipinski definition) is 2. The van der Waals surface area contributed by atoms with Crippen molar-refractivity contribution in [2.75, 3.05) is 12.4 Å². The second-order valence-electron chi connectivity index (χ2n) is 3.81. The lowest BCUT2D eigenvalue weighted by atomic mass is 10.2. The number of benzene rings is 1. The quantitative estimate of drug-likeness (QED) is 0.769. The fraction of sp³-hybridized carbons (Fsp3) is 0.0769. The van der Waals surface area contributed by atoms with Crippen LogP contribution >= 0.6 is 33.9 Å². The molecule has 0 radical (unpaired) electrons. The van der Waals surface area contributed by atoms with E-state index in [-0.39, 0.29) is 11.5 Å². The summed E-state index contributed by atoms with van der Waals surface area (Å²) < 4.78 is 6.11. The van der Waals surface area contributed by atoms with Gasteiger partial charge in [0.05, 0.1) is 26.8 Å². The molecule has 2 aromatic rings. The Labute approximate surface area is 132 Å². The zero-order chi connectivity index (χ0) is 14.7. The zero-order valence-electron chi connectivity index (χ0n) is 10.3. The van der Waals surface area contributed by atoms with Crippen LogP contribution in [-0.2, 0) is 0 Å². The average Bonchev–Trinajstić information content (AvgIpc) is 2.85. The number of halogens is 1. The topological polar surface area (TPSA) is 75.6 Å². The van der Waals surface area contributed by atoms with Crippen molar-refractivity contribution in [2.45, 2.75) is 0 Å². The standard InChI is InChI=1S/C13H10INO4S/c1-19-10-3-2-7(13(17)18)4-9(10)15-12(16)8-5-11(14)20-6-8/h2-6H,1H3,(H,15,16)(H,17,18). The summed E-state index contributed by atoms with van der Waals surface area (Å²) in [7, 11) is 1.46. The molecule has 0 aliphatic heterocycles. The monoisotopic (exact) mass is 403 g/mol. The number of carboxylic acid groups (broad SMARTS) is 1. The van der Waals surface area contributed by atoms with Gasteiger partial charge in [0.25, 0.3) is 5.91 Å². The van der Waals surface area contributed by atoms with Gasteiger partial charge in [-0.2, -0.15) is 0 Å². The van der Waals surface area contributed by atoms with Gasteiger partial charge in [0, 0.05) is 5.38 Å². The summed E-state index contributed by atoms with van der Waals surface area (Å²) in [6, 6.07) is 6.06. The predicted molar refractivity (Wildman–Crippen MR) is 84.9 cm³/mol. The number of methoxy groups -OCH3 is 1. The van der Waals surface area contributed by atoms with Crippen LogP contribution < -0.4 is 10.1 Å². The summed E-state index contributed by atoms with van der Waals surface area (Å²) in [4.78, 5) is 23.0. The number of ether oxygens (including phenoxy) is 1. The first-order valence-corrected chi connectivity index (χ1v) is 7.44. The first-order chi connectivity index (χ1) is 9.51. The highest BCUT2D eigenvalue weighted by Gasteiger charge is 2.13. The summed E-state index contributed by atoms with van der Waals surface area (Å²) in [5.41, 5.74) is 0.946. The second-order valence-corrected chi connectivity index (χ2v) is 6.62. The Bertz CT molecular complexity index is 668. The van der Waals surface area contributed by atoms with Crippen molar-refractivity contribution >= 4 is 51.5 Å². The number of hydrogen-bond acceptors (Lipinski definition) is 4. The van der Waals surface area contributed by atoms with Gasteiger partial charge in [0.1, 0.15) is 5.75 Å². The molecule has 1 amide bonds. The molecule has 7 heteroatoms. The van der Waals surface area contributed by atoms with E-state index in [9.17, 15) is 9.59 Å². The van der Waals surface area contributed by atoms with Crippen LogP contribution in [0.3, 0.4) is 0 Å². The van der Waals surface area contributed by atoms with E-state index in [0.717, 1.165) is 2.88 Å².